The van der Waals surface area contributed by atoms with Gasteiger partial charge in [0.05, 0.1) is 11.4 Å². The van der Waals surface area contributed by atoms with Gasteiger partial charge >= 0.3 is 0 Å². The van der Waals surface area contributed by atoms with Crippen LogP contribution >= 0.6 is 0 Å². The van der Waals surface area contributed by atoms with Crippen molar-refractivity contribution in [2.75, 3.05) is 5.32 Å². The number of halogens is 2. The molecule has 0 aliphatic rings. The first-order chi connectivity index (χ1) is 10.7. The average Bonchev–Trinajstić information content (AvgIpc) is 2.86. The van der Waals surface area contributed by atoms with Crippen LogP contribution in [0.4, 0.5) is 14.5 Å². The number of hydrogen-bond donors (Lipinski definition) is 1. The molecular weight excluding hydrogens is 330 g/mol. The summed E-state index contributed by atoms with van der Waals surface area (Å²) in [7, 11) is -3.84. The summed E-state index contributed by atoms with van der Waals surface area (Å²) in [4.78, 5) is 12.0. The number of carbonyl (C=O) groups excluding carboxylic acids is 1. The molecule has 0 fully saturated rings. The second-order valence-electron chi connectivity index (χ2n) is 5.00. The van der Waals surface area contributed by atoms with Gasteiger partial charge in [0.15, 0.2) is 21.5 Å². The summed E-state index contributed by atoms with van der Waals surface area (Å²) < 4.78 is 55.1. The van der Waals surface area contributed by atoms with Crippen molar-refractivity contribution in [2.24, 2.45) is 0 Å². The third-order valence-corrected chi connectivity index (χ3v) is 5.11. The van der Waals surface area contributed by atoms with Gasteiger partial charge in [0.2, 0.25) is 5.91 Å². The molecule has 1 heterocycles. The molecule has 0 bridgehead atoms. The number of nitrogens with zero attached hydrogens (tertiary/aromatic N) is 1. The lowest BCUT2D eigenvalue weighted by Gasteiger charge is -2.12. The number of anilines is 1. The van der Waals surface area contributed by atoms with Crippen LogP contribution in [0.3, 0.4) is 0 Å². The predicted octanol–water partition coefficient (Wildman–Crippen LogP) is 2.20. The number of rotatable bonds is 5. The van der Waals surface area contributed by atoms with Crippen molar-refractivity contribution in [2.45, 2.75) is 24.9 Å². The van der Waals surface area contributed by atoms with Crippen LogP contribution < -0.4 is 5.32 Å². The van der Waals surface area contributed by atoms with E-state index in [-0.39, 0.29) is 11.4 Å². The molecule has 9 heteroatoms. The van der Waals surface area contributed by atoms with Crippen LogP contribution in [0.1, 0.15) is 18.4 Å². The maximum Gasteiger partial charge on any atom is 0.242 e. The zero-order valence-corrected chi connectivity index (χ0v) is 13.2. The average molecular weight is 344 g/mol. The summed E-state index contributed by atoms with van der Waals surface area (Å²) in [6.07, 6.45) is 0. The molecule has 0 saturated heterocycles. The number of benzene rings is 1. The smallest absolute Gasteiger partial charge is 0.242 e. The molecule has 1 amide bonds. The Morgan fingerprint density at radius 1 is 1.30 bits per heavy atom. The van der Waals surface area contributed by atoms with E-state index < -0.39 is 38.4 Å². The molecular formula is C14H14F2N2O4S. The van der Waals surface area contributed by atoms with Gasteiger partial charge in [0.25, 0.3) is 0 Å². The number of aryl methyl sites for hydroxylation is 1. The van der Waals surface area contributed by atoms with E-state index in [0.29, 0.717) is 5.76 Å². The minimum Gasteiger partial charge on any atom is -0.361 e. The molecule has 0 spiro atoms. The molecule has 0 aliphatic heterocycles. The van der Waals surface area contributed by atoms with Crippen molar-refractivity contribution in [1.29, 1.82) is 0 Å². The Kier molecular flexibility index (Phi) is 4.79. The van der Waals surface area contributed by atoms with Crippen LogP contribution in [-0.4, -0.2) is 24.7 Å². The van der Waals surface area contributed by atoms with Crippen molar-refractivity contribution in [3.63, 3.8) is 0 Å². The summed E-state index contributed by atoms with van der Waals surface area (Å²) in [6, 6.07) is 4.20. The monoisotopic (exact) mass is 344 g/mol. The summed E-state index contributed by atoms with van der Waals surface area (Å²) in [5, 5.41) is 4.41. The van der Waals surface area contributed by atoms with Crippen LogP contribution in [0.5, 0.6) is 0 Å². The molecule has 23 heavy (non-hydrogen) atoms. The number of amides is 1. The van der Waals surface area contributed by atoms with Gasteiger partial charge in [0.1, 0.15) is 11.0 Å². The Bertz CT molecular complexity index is 833. The first-order valence-corrected chi connectivity index (χ1v) is 8.30. The quantitative estimate of drug-likeness (QED) is 0.898. The maximum absolute atomic E-state index is 13.1. The highest BCUT2D eigenvalue weighted by atomic mass is 32.2. The van der Waals surface area contributed by atoms with Crippen LogP contribution in [0, 0.1) is 18.6 Å². The zero-order chi connectivity index (χ0) is 17.2. The lowest BCUT2D eigenvalue weighted by Crippen LogP contribution is -2.33. The summed E-state index contributed by atoms with van der Waals surface area (Å²) in [5.74, 6) is -3.07. The minimum absolute atomic E-state index is 0.0340. The van der Waals surface area contributed by atoms with Crippen LogP contribution in [0.15, 0.2) is 28.8 Å². The van der Waals surface area contributed by atoms with E-state index in [1.165, 1.54) is 13.0 Å². The van der Waals surface area contributed by atoms with E-state index in [1.54, 1.807) is 6.92 Å². The Labute approximate surface area is 131 Å². The number of nitrogens with one attached hydrogen (secondary N) is 1. The highest BCUT2D eigenvalue weighted by Gasteiger charge is 2.29. The molecule has 1 N–H and O–H groups in total. The van der Waals surface area contributed by atoms with E-state index in [9.17, 15) is 22.0 Å². The Morgan fingerprint density at radius 3 is 2.57 bits per heavy atom. The van der Waals surface area contributed by atoms with Crippen LogP contribution in [0.2, 0.25) is 0 Å². The van der Waals surface area contributed by atoms with Crippen molar-refractivity contribution >= 4 is 21.4 Å². The molecule has 124 valence electrons. The van der Waals surface area contributed by atoms with Crippen LogP contribution in [0.25, 0.3) is 0 Å². The van der Waals surface area contributed by atoms with Crippen molar-refractivity contribution < 1.29 is 26.5 Å². The minimum atomic E-state index is -3.84. The van der Waals surface area contributed by atoms with Gasteiger partial charge in [-0.05, 0) is 26.0 Å². The van der Waals surface area contributed by atoms with Crippen molar-refractivity contribution in [3.8, 4) is 0 Å². The predicted molar refractivity (Wildman–Crippen MR) is 78.3 cm³/mol. The Hall–Kier alpha value is -2.29. The molecule has 0 unspecified atom stereocenters. The zero-order valence-electron chi connectivity index (χ0n) is 12.3. The van der Waals surface area contributed by atoms with E-state index in [4.69, 9.17) is 4.52 Å². The SMILES string of the molecule is Cc1cc(CS(=O)(=O)[C@H](C)C(=O)Nc2ccc(F)c(F)c2)no1. The number of sulfone groups is 1. The van der Waals surface area contributed by atoms with Crippen molar-refractivity contribution in [3.05, 3.63) is 47.4 Å². The van der Waals surface area contributed by atoms with E-state index in [2.05, 4.69) is 10.5 Å². The molecule has 0 saturated carbocycles. The molecule has 1 aromatic carbocycles. The molecule has 6 nitrogen and oxygen atoms in total. The summed E-state index contributed by atoms with van der Waals surface area (Å²) >= 11 is 0. The van der Waals surface area contributed by atoms with E-state index in [1.807, 2.05) is 0 Å². The van der Waals surface area contributed by atoms with Gasteiger partial charge in [-0.1, -0.05) is 5.16 Å². The number of carbonyl (C=O) groups is 1. The standard InChI is InChI=1S/C14H14F2N2O4S/c1-8-5-11(18-22-8)7-23(20,21)9(2)14(19)17-10-3-4-12(15)13(16)6-10/h3-6,9H,7H2,1-2H3,(H,17,19)/t9-/m1/s1. The molecule has 0 aliphatic carbocycles. The summed E-state index contributed by atoms with van der Waals surface area (Å²) in [6.45, 7) is 2.82. The van der Waals surface area contributed by atoms with Gasteiger partial charge < -0.3 is 9.84 Å². The van der Waals surface area contributed by atoms with Gasteiger partial charge in [-0.25, -0.2) is 17.2 Å². The highest BCUT2D eigenvalue weighted by Crippen LogP contribution is 2.16. The third kappa shape index (κ3) is 4.13. The Morgan fingerprint density at radius 2 is 2.00 bits per heavy atom. The number of hydrogen-bond acceptors (Lipinski definition) is 5. The lowest BCUT2D eigenvalue weighted by atomic mass is 10.3. The third-order valence-electron chi connectivity index (χ3n) is 3.12. The molecule has 0 radical (unpaired) electrons. The lowest BCUT2D eigenvalue weighted by molar-refractivity contribution is -0.115. The van der Waals surface area contributed by atoms with Gasteiger partial charge in [-0.3, -0.25) is 4.79 Å². The highest BCUT2D eigenvalue weighted by molar-refractivity contribution is 7.92. The van der Waals surface area contributed by atoms with Crippen molar-refractivity contribution in [1.82, 2.24) is 5.16 Å². The fraction of sp³-hybridized carbons (Fsp3) is 0.286. The second-order valence-corrected chi connectivity index (χ2v) is 7.32. The molecule has 2 rings (SSSR count). The second kappa shape index (κ2) is 6.45. The van der Waals surface area contributed by atoms with Crippen LogP contribution in [-0.2, 0) is 20.4 Å². The first kappa shape index (κ1) is 17.1. The van der Waals surface area contributed by atoms with Gasteiger partial charge in [-0.2, -0.15) is 0 Å². The van der Waals surface area contributed by atoms with Gasteiger partial charge in [-0.15, -0.1) is 0 Å². The number of aromatic nitrogens is 1. The van der Waals surface area contributed by atoms with Gasteiger partial charge in [0, 0.05) is 17.8 Å². The molecule has 1 atom stereocenters. The topological polar surface area (TPSA) is 89.3 Å². The molecule has 2 aromatic rings. The molecule has 1 aromatic heterocycles. The maximum atomic E-state index is 13.1. The normalized spacial score (nSPS) is 12.9. The first-order valence-electron chi connectivity index (χ1n) is 6.59. The largest absolute Gasteiger partial charge is 0.361 e. The van der Waals surface area contributed by atoms with E-state index >= 15 is 0 Å². The van der Waals surface area contributed by atoms with E-state index in [0.717, 1.165) is 18.2 Å². The fourth-order valence-electron chi connectivity index (χ4n) is 1.80. The Balaban J connectivity index is 2.09. The fourth-order valence-corrected chi connectivity index (χ4v) is 2.98. The summed E-state index contributed by atoms with van der Waals surface area (Å²) in [5.41, 5.74) is 0.156.